The van der Waals surface area contributed by atoms with Crippen molar-refractivity contribution >= 4 is 5.91 Å². The molecule has 0 N–H and O–H groups in total. The lowest BCUT2D eigenvalue weighted by Gasteiger charge is -2.27. The Morgan fingerprint density at radius 1 is 0.957 bits per heavy atom. The van der Waals surface area contributed by atoms with E-state index >= 15 is 0 Å². The van der Waals surface area contributed by atoms with Gasteiger partial charge in [-0.05, 0) is 23.8 Å². The van der Waals surface area contributed by atoms with Gasteiger partial charge in [-0.15, -0.1) is 0 Å². The van der Waals surface area contributed by atoms with Crippen molar-refractivity contribution in [2.75, 3.05) is 26.3 Å². The van der Waals surface area contributed by atoms with Crippen LogP contribution in [0.15, 0.2) is 18.2 Å². The van der Waals surface area contributed by atoms with Crippen molar-refractivity contribution in [1.82, 2.24) is 4.90 Å². The second-order valence-corrected chi connectivity index (χ2v) is 5.08. The van der Waals surface area contributed by atoms with E-state index in [0.29, 0.717) is 25.3 Å². The molecule has 1 aromatic carbocycles. The molecule has 1 heterocycles. The van der Waals surface area contributed by atoms with Gasteiger partial charge in [0.15, 0.2) is 0 Å². The molecule has 0 spiro atoms. The molecular formula is C14H13F6NO2. The molecule has 1 aliphatic heterocycles. The Labute approximate surface area is 127 Å². The molecule has 3 nitrogen and oxygen atoms in total. The molecule has 0 unspecified atom stereocenters. The van der Waals surface area contributed by atoms with Gasteiger partial charge in [0.25, 0.3) is 0 Å². The maximum absolute atomic E-state index is 12.7. The molecule has 9 heteroatoms. The zero-order valence-corrected chi connectivity index (χ0v) is 11.8. The number of hydrogen-bond donors (Lipinski definition) is 0. The monoisotopic (exact) mass is 341 g/mol. The van der Waals surface area contributed by atoms with Gasteiger partial charge in [-0.25, -0.2) is 0 Å². The number of amides is 1. The van der Waals surface area contributed by atoms with Crippen LogP contribution >= 0.6 is 0 Å². The van der Waals surface area contributed by atoms with Crippen LogP contribution in [0.1, 0.15) is 16.7 Å². The second-order valence-electron chi connectivity index (χ2n) is 5.08. The van der Waals surface area contributed by atoms with Gasteiger partial charge in [0, 0.05) is 13.1 Å². The average molecular weight is 341 g/mol. The summed E-state index contributed by atoms with van der Waals surface area (Å²) in [7, 11) is 0. The number of nitrogens with zero attached hydrogens (tertiary/aromatic N) is 1. The van der Waals surface area contributed by atoms with Crippen LogP contribution < -0.4 is 0 Å². The summed E-state index contributed by atoms with van der Waals surface area (Å²) in [5.74, 6) is -0.527. The third-order valence-electron chi connectivity index (χ3n) is 3.37. The lowest BCUT2D eigenvalue weighted by atomic mass is 10.0. The molecule has 0 bridgehead atoms. The van der Waals surface area contributed by atoms with Gasteiger partial charge in [-0.3, -0.25) is 4.79 Å². The standard InChI is InChI=1S/C14H13F6NO2/c15-13(16,17)10-5-9(6-11(8-10)14(18,19)20)7-12(22)21-1-3-23-4-2-21/h5-6,8H,1-4,7H2. The van der Waals surface area contributed by atoms with Crippen molar-refractivity contribution < 1.29 is 35.9 Å². The minimum atomic E-state index is -4.92. The topological polar surface area (TPSA) is 29.5 Å². The van der Waals surface area contributed by atoms with Crippen molar-refractivity contribution in [3.8, 4) is 0 Å². The SMILES string of the molecule is O=C(Cc1cc(C(F)(F)F)cc(C(F)(F)F)c1)N1CCOCC1. The normalized spacial score (nSPS) is 16.5. The van der Waals surface area contributed by atoms with E-state index in [1.807, 2.05) is 0 Å². The third-order valence-corrected chi connectivity index (χ3v) is 3.37. The van der Waals surface area contributed by atoms with E-state index in [4.69, 9.17) is 4.74 Å². The van der Waals surface area contributed by atoms with E-state index in [1.54, 1.807) is 0 Å². The van der Waals surface area contributed by atoms with E-state index in [9.17, 15) is 31.1 Å². The molecule has 1 aromatic rings. The van der Waals surface area contributed by atoms with E-state index in [1.165, 1.54) is 4.90 Å². The predicted molar refractivity (Wildman–Crippen MR) is 67.5 cm³/mol. The summed E-state index contributed by atoms with van der Waals surface area (Å²) >= 11 is 0. The second kappa shape index (κ2) is 6.38. The van der Waals surface area contributed by atoms with Crippen LogP contribution in [-0.2, 0) is 28.3 Å². The van der Waals surface area contributed by atoms with Crippen molar-refractivity contribution in [3.63, 3.8) is 0 Å². The van der Waals surface area contributed by atoms with Gasteiger partial charge in [-0.1, -0.05) is 0 Å². The molecule has 1 fully saturated rings. The Morgan fingerprint density at radius 2 is 1.43 bits per heavy atom. The number of rotatable bonds is 2. The molecule has 23 heavy (non-hydrogen) atoms. The van der Waals surface area contributed by atoms with Crippen LogP contribution in [0.25, 0.3) is 0 Å². The lowest BCUT2D eigenvalue weighted by molar-refractivity contribution is -0.143. The summed E-state index contributed by atoms with van der Waals surface area (Å²) in [6.45, 7) is 1.12. The maximum Gasteiger partial charge on any atom is 0.416 e. The van der Waals surface area contributed by atoms with E-state index in [0.717, 1.165) is 0 Å². The molecule has 1 aliphatic rings. The summed E-state index contributed by atoms with van der Waals surface area (Å²) in [6, 6.07) is 1.20. The number of alkyl halides is 6. The highest BCUT2D eigenvalue weighted by Gasteiger charge is 2.37. The highest BCUT2D eigenvalue weighted by atomic mass is 19.4. The van der Waals surface area contributed by atoms with Gasteiger partial charge < -0.3 is 9.64 Å². The highest BCUT2D eigenvalue weighted by molar-refractivity contribution is 5.79. The largest absolute Gasteiger partial charge is 0.416 e. The molecular weight excluding hydrogens is 328 g/mol. The van der Waals surface area contributed by atoms with E-state index in [2.05, 4.69) is 0 Å². The number of carbonyl (C=O) groups is 1. The minimum Gasteiger partial charge on any atom is -0.378 e. The summed E-state index contributed by atoms with van der Waals surface area (Å²) in [5.41, 5.74) is -3.15. The van der Waals surface area contributed by atoms with Gasteiger partial charge in [-0.2, -0.15) is 26.3 Å². The first kappa shape index (κ1) is 17.6. The van der Waals surface area contributed by atoms with Crippen LogP contribution in [0.5, 0.6) is 0 Å². The van der Waals surface area contributed by atoms with Crippen LogP contribution in [0.3, 0.4) is 0 Å². The van der Waals surface area contributed by atoms with Crippen LogP contribution in [0, 0.1) is 0 Å². The predicted octanol–water partition coefficient (Wildman–Crippen LogP) is 3.13. The number of halogens is 6. The van der Waals surface area contributed by atoms with Crippen molar-refractivity contribution in [3.05, 3.63) is 34.9 Å². The Kier molecular flexibility index (Phi) is 4.88. The van der Waals surface area contributed by atoms with E-state index < -0.39 is 35.8 Å². The molecule has 0 aliphatic carbocycles. The van der Waals surface area contributed by atoms with E-state index in [-0.39, 0.29) is 24.7 Å². The fourth-order valence-electron chi connectivity index (χ4n) is 2.22. The maximum atomic E-state index is 12.7. The number of benzene rings is 1. The van der Waals surface area contributed by atoms with Crippen LogP contribution in [-0.4, -0.2) is 37.1 Å². The minimum absolute atomic E-state index is 0.0444. The molecule has 0 atom stereocenters. The highest BCUT2D eigenvalue weighted by Crippen LogP contribution is 2.36. The third kappa shape index (κ3) is 4.60. The first-order valence-electron chi connectivity index (χ1n) is 6.71. The average Bonchev–Trinajstić information content (AvgIpc) is 2.46. The van der Waals surface area contributed by atoms with Crippen molar-refractivity contribution in [2.24, 2.45) is 0 Å². The zero-order valence-electron chi connectivity index (χ0n) is 11.8. The van der Waals surface area contributed by atoms with Gasteiger partial charge >= 0.3 is 12.4 Å². The number of morpholine rings is 1. The van der Waals surface area contributed by atoms with Crippen LogP contribution in [0.4, 0.5) is 26.3 Å². The van der Waals surface area contributed by atoms with Gasteiger partial charge in [0.2, 0.25) is 5.91 Å². The smallest absolute Gasteiger partial charge is 0.378 e. The summed E-state index contributed by atoms with van der Waals surface area (Å²) < 4.78 is 81.5. The first-order chi connectivity index (χ1) is 10.6. The Bertz CT molecular complexity index is 543. The summed E-state index contributed by atoms with van der Waals surface area (Å²) in [6.07, 6.45) is -10.4. The zero-order chi connectivity index (χ0) is 17.3. The summed E-state index contributed by atoms with van der Waals surface area (Å²) in [4.78, 5) is 13.4. The number of ether oxygens (including phenoxy) is 1. The van der Waals surface area contributed by atoms with Gasteiger partial charge in [0.05, 0.1) is 30.8 Å². The first-order valence-corrected chi connectivity index (χ1v) is 6.71. The molecule has 1 amide bonds. The van der Waals surface area contributed by atoms with Crippen molar-refractivity contribution in [1.29, 1.82) is 0 Å². The Morgan fingerprint density at radius 3 is 1.87 bits per heavy atom. The number of hydrogen-bond acceptors (Lipinski definition) is 2. The summed E-state index contributed by atoms with van der Waals surface area (Å²) in [5, 5.41) is 0. The molecule has 0 aromatic heterocycles. The molecule has 1 saturated heterocycles. The lowest BCUT2D eigenvalue weighted by Crippen LogP contribution is -2.41. The quantitative estimate of drug-likeness (QED) is 0.774. The molecule has 0 saturated carbocycles. The molecule has 128 valence electrons. The molecule has 0 radical (unpaired) electrons. The fraction of sp³-hybridized carbons (Fsp3) is 0.500. The Balaban J connectivity index is 2.28. The number of carbonyl (C=O) groups excluding carboxylic acids is 1. The van der Waals surface area contributed by atoms with Crippen LogP contribution in [0.2, 0.25) is 0 Å². The molecule has 2 rings (SSSR count). The van der Waals surface area contributed by atoms with Gasteiger partial charge in [0.1, 0.15) is 0 Å². The van der Waals surface area contributed by atoms with Crippen molar-refractivity contribution in [2.45, 2.75) is 18.8 Å². The fourth-order valence-corrected chi connectivity index (χ4v) is 2.22. The Hall–Kier alpha value is -1.77.